The van der Waals surface area contributed by atoms with Crippen molar-refractivity contribution in [2.24, 2.45) is 0 Å². The SMILES string of the molecule is Brc1cnc(-c2ccccc2)nc1N1CCCC1. The Bertz CT molecular complexity index is 536. The van der Waals surface area contributed by atoms with Crippen molar-refractivity contribution in [1.82, 2.24) is 9.97 Å². The second-order valence-electron chi connectivity index (χ2n) is 4.43. The van der Waals surface area contributed by atoms with E-state index in [1.165, 1.54) is 12.8 Å². The third kappa shape index (κ3) is 2.25. The van der Waals surface area contributed by atoms with E-state index in [0.29, 0.717) is 0 Å². The minimum absolute atomic E-state index is 0.792. The van der Waals surface area contributed by atoms with Crippen LogP contribution in [0.15, 0.2) is 41.0 Å². The molecule has 3 nitrogen and oxygen atoms in total. The maximum Gasteiger partial charge on any atom is 0.161 e. The first-order chi connectivity index (χ1) is 8.84. The van der Waals surface area contributed by atoms with Gasteiger partial charge in [-0.15, -0.1) is 0 Å². The van der Waals surface area contributed by atoms with Gasteiger partial charge in [-0.3, -0.25) is 0 Å². The average molecular weight is 304 g/mol. The Morgan fingerprint density at radius 3 is 2.50 bits per heavy atom. The minimum Gasteiger partial charge on any atom is -0.356 e. The van der Waals surface area contributed by atoms with Gasteiger partial charge >= 0.3 is 0 Å². The summed E-state index contributed by atoms with van der Waals surface area (Å²) >= 11 is 3.55. The van der Waals surface area contributed by atoms with Gasteiger partial charge in [0.05, 0.1) is 4.47 Å². The van der Waals surface area contributed by atoms with Crippen LogP contribution in [0, 0.1) is 0 Å². The maximum absolute atomic E-state index is 4.69. The van der Waals surface area contributed by atoms with Crippen LogP contribution < -0.4 is 4.90 Å². The summed E-state index contributed by atoms with van der Waals surface area (Å²) in [6.45, 7) is 2.17. The fourth-order valence-electron chi connectivity index (χ4n) is 2.24. The van der Waals surface area contributed by atoms with Crippen LogP contribution >= 0.6 is 15.9 Å². The highest BCUT2D eigenvalue weighted by molar-refractivity contribution is 9.10. The lowest BCUT2D eigenvalue weighted by Gasteiger charge is -2.18. The van der Waals surface area contributed by atoms with Crippen LogP contribution in [0.25, 0.3) is 11.4 Å². The van der Waals surface area contributed by atoms with Crippen molar-refractivity contribution in [1.29, 1.82) is 0 Å². The van der Waals surface area contributed by atoms with Crippen LogP contribution in [0.3, 0.4) is 0 Å². The van der Waals surface area contributed by atoms with Gasteiger partial charge in [0, 0.05) is 24.8 Å². The number of rotatable bonds is 2. The van der Waals surface area contributed by atoms with Crippen LogP contribution in [-0.4, -0.2) is 23.1 Å². The standard InChI is InChI=1S/C14H14BrN3/c15-12-10-16-13(11-6-2-1-3-7-11)17-14(12)18-8-4-5-9-18/h1-3,6-7,10H,4-5,8-9H2. The van der Waals surface area contributed by atoms with Crippen molar-refractivity contribution < 1.29 is 0 Å². The van der Waals surface area contributed by atoms with E-state index in [1.807, 2.05) is 36.5 Å². The zero-order chi connectivity index (χ0) is 12.4. The van der Waals surface area contributed by atoms with Gasteiger partial charge in [-0.2, -0.15) is 0 Å². The highest BCUT2D eigenvalue weighted by atomic mass is 79.9. The summed E-state index contributed by atoms with van der Waals surface area (Å²) in [5, 5.41) is 0. The van der Waals surface area contributed by atoms with Gasteiger partial charge in [-0.1, -0.05) is 30.3 Å². The lowest BCUT2D eigenvalue weighted by Crippen LogP contribution is -2.20. The number of benzene rings is 1. The molecule has 1 fully saturated rings. The molecule has 0 spiro atoms. The Kier molecular flexibility index (Phi) is 3.28. The predicted molar refractivity (Wildman–Crippen MR) is 76.6 cm³/mol. The molecule has 1 saturated heterocycles. The molecular formula is C14H14BrN3. The third-order valence-corrected chi connectivity index (χ3v) is 3.72. The second-order valence-corrected chi connectivity index (χ2v) is 5.28. The Morgan fingerprint density at radius 2 is 1.78 bits per heavy atom. The molecule has 0 unspecified atom stereocenters. The molecule has 0 amide bonds. The summed E-state index contributed by atoms with van der Waals surface area (Å²) < 4.78 is 0.976. The molecule has 18 heavy (non-hydrogen) atoms. The Morgan fingerprint density at radius 1 is 1.06 bits per heavy atom. The summed E-state index contributed by atoms with van der Waals surface area (Å²) in [5.74, 6) is 1.81. The number of halogens is 1. The summed E-state index contributed by atoms with van der Waals surface area (Å²) in [7, 11) is 0. The Labute approximate surface area is 115 Å². The number of hydrogen-bond acceptors (Lipinski definition) is 3. The van der Waals surface area contributed by atoms with Crippen LogP contribution in [0.1, 0.15) is 12.8 Å². The van der Waals surface area contributed by atoms with E-state index in [0.717, 1.165) is 34.8 Å². The molecule has 1 aliphatic rings. The first-order valence-electron chi connectivity index (χ1n) is 6.17. The zero-order valence-corrected chi connectivity index (χ0v) is 11.6. The maximum atomic E-state index is 4.69. The summed E-state index contributed by atoms with van der Waals surface area (Å²) in [5.41, 5.74) is 1.06. The van der Waals surface area contributed by atoms with Crippen molar-refractivity contribution in [2.45, 2.75) is 12.8 Å². The molecular weight excluding hydrogens is 290 g/mol. The first kappa shape index (κ1) is 11.7. The monoisotopic (exact) mass is 303 g/mol. The molecule has 92 valence electrons. The van der Waals surface area contributed by atoms with Gasteiger partial charge in [-0.05, 0) is 28.8 Å². The number of aromatic nitrogens is 2. The fraction of sp³-hybridized carbons (Fsp3) is 0.286. The number of anilines is 1. The summed E-state index contributed by atoms with van der Waals surface area (Å²) in [6, 6.07) is 10.1. The summed E-state index contributed by atoms with van der Waals surface area (Å²) in [6.07, 6.45) is 4.34. The molecule has 4 heteroatoms. The highest BCUT2D eigenvalue weighted by Crippen LogP contribution is 2.28. The molecule has 0 N–H and O–H groups in total. The second kappa shape index (κ2) is 5.06. The van der Waals surface area contributed by atoms with E-state index < -0.39 is 0 Å². The Balaban J connectivity index is 2.00. The number of nitrogens with zero attached hydrogens (tertiary/aromatic N) is 3. The van der Waals surface area contributed by atoms with E-state index in [1.54, 1.807) is 0 Å². The molecule has 0 bridgehead atoms. The van der Waals surface area contributed by atoms with Crippen LogP contribution in [0.4, 0.5) is 5.82 Å². The van der Waals surface area contributed by atoms with Crippen molar-refractivity contribution in [3.8, 4) is 11.4 Å². The summed E-state index contributed by atoms with van der Waals surface area (Å²) in [4.78, 5) is 11.4. The smallest absolute Gasteiger partial charge is 0.161 e. The van der Waals surface area contributed by atoms with E-state index in [4.69, 9.17) is 4.98 Å². The molecule has 0 saturated carbocycles. The topological polar surface area (TPSA) is 29.0 Å². The quantitative estimate of drug-likeness (QED) is 0.850. The molecule has 1 aromatic heterocycles. The van der Waals surface area contributed by atoms with E-state index in [-0.39, 0.29) is 0 Å². The van der Waals surface area contributed by atoms with Gasteiger partial charge in [0.1, 0.15) is 5.82 Å². The zero-order valence-electron chi connectivity index (χ0n) is 10.0. The van der Waals surface area contributed by atoms with Gasteiger partial charge < -0.3 is 4.90 Å². The van der Waals surface area contributed by atoms with Gasteiger partial charge in [0.2, 0.25) is 0 Å². The average Bonchev–Trinajstić information content (AvgIpc) is 2.94. The lowest BCUT2D eigenvalue weighted by molar-refractivity contribution is 0.924. The molecule has 0 radical (unpaired) electrons. The van der Waals surface area contributed by atoms with Crippen molar-refractivity contribution in [2.75, 3.05) is 18.0 Å². The van der Waals surface area contributed by atoms with Gasteiger partial charge in [0.25, 0.3) is 0 Å². The van der Waals surface area contributed by atoms with E-state index >= 15 is 0 Å². The molecule has 0 atom stereocenters. The van der Waals surface area contributed by atoms with Crippen molar-refractivity contribution >= 4 is 21.7 Å². The van der Waals surface area contributed by atoms with Crippen LogP contribution in [0.2, 0.25) is 0 Å². The molecule has 1 aromatic carbocycles. The molecule has 2 heterocycles. The van der Waals surface area contributed by atoms with Gasteiger partial charge in [0.15, 0.2) is 5.82 Å². The molecule has 3 rings (SSSR count). The van der Waals surface area contributed by atoms with Crippen LogP contribution in [-0.2, 0) is 0 Å². The fourth-order valence-corrected chi connectivity index (χ4v) is 2.68. The Hall–Kier alpha value is -1.42. The van der Waals surface area contributed by atoms with Gasteiger partial charge in [-0.25, -0.2) is 9.97 Å². The van der Waals surface area contributed by atoms with Crippen LogP contribution in [0.5, 0.6) is 0 Å². The van der Waals surface area contributed by atoms with Crippen molar-refractivity contribution in [3.05, 3.63) is 41.0 Å². The van der Waals surface area contributed by atoms with E-state index in [2.05, 4.69) is 25.8 Å². The van der Waals surface area contributed by atoms with E-state index in [9.17, 15) is 0 Å². The molecule has 1 aliphatic heterocycles. The predicted octanol–water partition coefficient (Wildman–Crippen LogP) is 3.51. The first-order valence-corrected chi connectivity index (χ1v) is 6.97. The normalized spacial score (nSPS) is 15.1. The lowest BCUT2D eigenvalue weighted by atomic mass is 10.2. The minimum atomic E-state index is 0.792. The molecule has 2 aromatic rings. The molecule has 0 aliphatic carbocycles. The largest absolute Gasteiger partial charge is 0.356 e. The van der Waals surface area contributed by atoms with Crippen molar-refractivity contribution in [3.63, 3.8) is 0 Å². The highest BCUT2D eigenvalue weighted by Gasteiger charge is 2.17. The number of hydrogen-bond donors (Lipinski definition) is 0. The third-order valence-electron chi connectivity index (χ3n) is 3.16.